The van der Waals surface area contributed by atoms with Crippen molar-refractivity contribution >= 4 is 27.4 Å². The molecule has 2 rings (SSSR count). The Labute approximate surface area is 117 Å². The van der Waals surface area contributed by atoms with Crippen LogP contribution in [0.1, 0.15) is 0 Å². The van der Waals surface area contributed by atoms with Gasteiger partial charge in [0, 0.05) is 17.9 Å². The Bertz CT molecular complexity index is 695. The lowest BCUT2D eigenvalue weighted by atomic mass is 10.1. The Hall–Kier alpha value is -1.53. The Balaban J connectivity index is 2.51. The van der Waals surface area contributed by atoms with E-state index < -0.39 is 9.84 Å². The van der Waals surface area contributed by atoms with Crippen LogP contribution in [0.15, 0.2) is 46.2 Å². The minimum atomic E-state index is -3.17. The summed E-state index contributed by atoms with van der Waals surface area (Å²) in [6.45, 7) is 0. The second-order valence-electron chi connectivity index (χ2n) is 4.15. The summed E-state index contributed by atoms with van der Waals surface area (Å²) in [7, 11) is -3.17. The molecule has 0 saturated heterocycles. The SMILES string of the molecule is CSc1ccc(N)[nH+]c1-c1ccc(S(C)(=O)=O)cc1. The predicted octanol–water partition coefficient (Wildman–Crippen LogP) is 1.88. The number of pyridine rings is 1. The van der Waals surface area contributed by atoms with E-state index in [0.29, 0.717) is 10.7 Å². The number of sulfone groups is 1. The number of hydrogen-bond donors (Lipinski definition) is 1. The van der Waals surface area contributed by atoms with Gasteiger partial charge in [-0.1, -0.05) is 0 Å². The number of nitrogens with one attached hydrogen (secondary N) is 1. The molecular weight excluding hydrogens is 280 g/mol. The monoisotopic (exact) mass is 295 g/mol. The molecule has 0 aliphatic rings. The average Bonchev–Trinajstić information content (AvgIpc) is 2.38. The fourth-order valence-corrected chi connectivity index (χ4v) is 2.96. The van der Waals surface area contributed by atoms with Crippen LogP contribution >= 0.6 is 11.8 Å². The first-order valence-corrected chi connectivity index (χ1v) is 8.69. The predicted molar refractivity (Wildman–Crippen MR) is 77.7 cm³/mol. The maximum Gasteiger partial charge on any atom is 0.270 e. The molecule has 1 aromatic heterocycles. The van der Waals surface area contributed by atoms with Crippen molar-refractivity contribution in [2.75, 3.05) is 18.2 Å². The van der Waals surface area contributed by atoms with Gasteiger partial charge in [0.05, 0.1) is 9.79 Å². The lowest BCUT2D eigenvalue weighted by Gasteiger charge is -2.05. The highest BCUT2D eigenvalue weighted by atomic mass is 32.2. The average molecular weight is 295 g/mol. The third-order valence-corrected chi connectivity index (χ3v) is 4.63. The van der Waals surface area contributed by atoms with Crippen LogP contribution in [0.4, 0.5) is 5.82 Å². The zero-order valence-electron chi connectivity index (χ0n) is 10.7. The number of nitrogen functional groups attached to an aromatic ring is 1. The van der Waals surface area contributed by atoms with E-state index >= 15 is 0 Å². The van der Waals surface area contributed by atoms with E-state index in [-0.39, 0.29) is 0 Å². The molecule has 0 saturated carbocycles. The second-order valence-corrected chi connectivity index (χ2v) is 7.02. The Morgan fingerprint density at radius 3 is 2.26 bits per heavy atom. The van der Waals surface area contributed by atoms with Gasteiger partial charge in [-0.05, 0) is 36.6 Å². The number of hydrogen-bond acceptors (Lipinski definition) is 4. The number of thioether (sulfide) groups is 1. The molecule has 0 spiro atoms. The Kier molecular flexibility index (Phi) is 3.82. The molecule has 3 N–H and O–H groups in total. The van der Waals surface area contributed by atoms with Crippen LogP contribution in [0.3, 0.4) is 0 Å². The molecule has 19 heavy (non-hydrogen) atoms. The first kappa shape index (κ1) is 13.9. The number of aromatic amines is 1. The molecule has 0 radical (unpaired) electrons. The van der Waals surface area contributed by atoms with Gasteiger partial charge in [0.15, 0.2) is 9.84 Å². The van der Waals surface area contributed by atoms with Gasteiger partial charge < -0.3 is 0 Å². The van der Waals surface area contributed by atoms with Crippen LogP contribution in [-0.2, 0) is 9.84 Å². The molecule has 0 bridgehead atoms. The third kappa shape index (κ3) is 3.08. The summed E-state index contributed by atoms with van der Waals surface area (Å²) in [6.07, 6.45) is 3.18. The number of H-pyrrole nitrogens is 1. The normalized spacial score (nSPS) is 11.5. The first-order valence-electron chi connectivity index (χ1n) is 5.58. The summed E-state index contributed by atoms with van der Waals surface area (Å²) in [5.41, 5.74) is 7.56. The van der Waals surface area contributed by atoms with Crippen LogP contribution < -0.4 is 10.7 Å². The van der Waals surface area contributed by atoms with Crippen molar-refractivity contribution < 1.29 is 13.4 Å². The van der Waals surface area contributed by atoms with E-state index in [0.717, 1.165) is 16.2 Å². The molecule has 0 fully saturated rings. The van der Waals surface area contributed by atoms with Gasteiger partial charge in [-0.3, -0.25) is 5.73 Å². The first-order chi connectivity index (χ1) is 8.91. The van der Waals surface area contributed by atoms with E-state index in [4.69, 9.17) is 5.73 Å². The molecule has 6 heteroatoms. The Morgan fingerprint density at radius 2 is 1.74 bits per heavy atom. The molecule has 0 atom stereocenters. The zero-order valence-corrected chi connectivity index (χ0v) is 12.3. The second kappa shape index (κ2) is 5.22. The number of anilines is 1. The molecule has 0 unspecified atom stereocenters. The van der Waals surface area contributed by atoms with Crippen molar-refractivity contribution in [3.8, 4) is 11.3 Å². The molecule has 4 nitrogen and oxygen atoms in total. The summed E-state index contributed by atoms with van der Waals surface area (Å²) in [4.78, 5) is 4.48. The summed E-state index contributed by atoms with van der Waals surface area (Å²) in [5.74, 6) is 0.569. The van der Waals surface area contributed by atoms with Crippen LogP contribution in [-0.4, -0.2) is 20.9 Å². The van der Waals surface area contributed by atoms with E-state index in [2.05, 4.69) is 4.98 Å². The molecule has 0 aliphatic heterocycles. The van der Waals surface area contributed by atoms with E-state index in [1.807, 2.05) is 12.3 Å². The smallest absolute Gasteiger partial charge is 0.270 e. The number of aromatic nitrogens is 1. The minimum Gasteiger partial charge on any atom is -0.287 e. The molecule has 0 amide bonds. The van der Waals surface area contributed by atoms with Crippen molar-refractivity contribution in [1.29, 1.82) is 0 Å². The number of benzene rings is 1. The summed E-state index contributed by atoms with van der Waals surface area (Å²) >= 11 is 1.60. The highest BCUT2D eigenvalue weighted by Gasteiger charge is 2.12. The summed E-state index contributed by atoms with van der Waals surface area (Å²) in [6, 6.07) is 10.5. The van der Waals surface area contributed by atoms with Crippen molar-refractivity contribution in [3.63, 3.8) is 0 Å². The van der Waals surface area contributed by atoms with Crippen LogP contribution in [0.25, 0.3) is 11.3 Å². The van der Waals surface area contributed by atoms with Crippen LogP contribution in [0, 0.1) is 0 Å². The van der Waals surface area contributed by atoms with Crippen molar-refractivity contribution in [1.82, 2.24) is 0 Å². The van der Waals surface area contributed by atoms with Gasteiger partial charge in [0.25, 0.3) is 5.82 Å². The molecule has 1 heterocycles. The van der Waals surface area contributed by atoms with Crippen LogP contribution in [0.2, 0.25) is 0 Å². The van der Waals surface area contributed by atoms with Gasteiger partial charge in [-0.2, -0.15) is 0 Å². The number of nitrogens with two attached hydrogens (primary N) is 1. The summed E-state index contributed by atoms with van der Waals surface area (Å²) in [5, 5.41) is 0. The van der Waals surface area contributed by atoms with Crippen molar-refractivity contribution in [3.05, 3.63) is 36.4 Å². The third-order valence-electron chi connectivity index (χ3n) is 2.72. The highest BCUT2D eigenvalue weighted by Crippen LogP contribution is 2.27. The van der Waals surface area contributed by atoms with Gasteiger partial charge >= 0.3 is 0 Å². The van der Waals surface area contributed by atoms with E-state index in [1.54, 1.807) is 42.1 Å². The van der Waals surface area contributed by atoms with E-state index in [1.165, 1.54) is 6.26 Å². The minimum absolute atomic E-state index is 0.311. The molecule has 2 aromatic rings. The van der Waals surface area contributed by atoms with Crippen molar-refractivity contribution in [2.45, 2.75) is 9.79 Å². The van der Waals surface area contributed by atoms with Gasteiger partial charge in [-0.15, -0.1) is 11.8 Å². The molecular formula is C13H15N2O2S2+. The fourth-order valence-electron chi connectivity index (χ4n) is 1.75. The largest absolute Gasteiger partial charge is 0.287 e. The Morgan fingerprint density at radius 1 is 1.11 bits per heavy atom. The maximum atomic E-state index is 11.4. The van der Waals surface area contributed by atoms with Crippen molar-refractivity contribution in [2.24, 2.45) is 0 Å². The maximum absolute atomic E-state index is 11.4. The number of rotatable bonds is 3. The van der Waals surface area contributed by atoms with Gasteiger partial charge in [-0.25, -0.2) is 13.4 Å². The summed E-state index contributed by atoms with van der Waals surface area (Å²) < 4.78 is 22.9. The quantitative estimate of drug-likeness (QED) is 0.877. The fraction of sp³-hybridized carbons (Fsp3) is 0.154. The van der Waals surface area contributed by atoms with Gasteiger partial charge in [0.1, 0.15) is 5.69 Å². The van der Waals surface area contributed by atoms with E-state index in [9.17, 15) is 8.42 Å². The molecule has 0 aliphatic carbocycles. The van der Waals surface area contributed by atoms with Crippen LogP contribution in [0.5, 0.6) is 0 Å². The lowest BCUT2D eigenvalue weighted by molar-refractivity contribution is -0.349. The highest BCUT2D eigenvalue weighted by molar-refractivity contribution is 7.98. The molecule has 1 aromatic carbocycles. The zero-order chi connectivity index (χ0) is 14.0. The topological polar surface area (TPSA) is 74.3 Å². The van der Waals surface area contributed by atoms with Gasteiger partial charge in [0.2, 0.25) is 0 Å². The molecule has 100 valence electrons. The standard InChI is InChI=1S/C13H14N2O2S2/c1-18-11-7-8-12(14)15-13(11)9-3-5-10(6-4-9)19(2,16)17/h3-8H,1-2H3,(H2,14,15)/p+1. The lowest BCUT2D eigenvalue weighted by Crippen LogP contribution is -2.14.